The molecule has 1 aromatic rings. The Morgan fingerprint density at radius 1 is 1.50 bits per heavy atom. The molecule has 2 heterocycles. The molecule has 0 spiro atoms. The van der Waals surface area contributed by atoms with Crippen molar-refractivity contribution in [2.24, 2.45) is 0 Å². The van der Waals surface area contributed by atoms with E-state index < -0.39 is 9.84 Å². The molecule has 7 heteroatoms. The van der Waals surface area contributed by atoms with Gasteiger partial charge in [0.2, 0.25) is 0 Å². The quantitative estimate of drug-likeness (QED) is 0.775. The summed E-state index contributed by atoms with van der Waals surface area (Å²) in [6, 6.07) is 2.88. The van der Waals surface area contributed by atoms with E-state index in [-0.39, 0.29) is 11.8 Å². The molecule has 0 saturated carbocycles. The second-order valence-corrected chi connectivity index (χ2v) is 5.80. The van der Waals surface area contributed by atoms with Crippen molar-refractivity contribution < 1.29 is 8.42 Å². The van der Waals surface area contributed by atoms with Gasteiger partial charge in [0.15, 0.2) is 15.7 Å². The first-order chi connectivity index (χ1) is 7.46. The summed E-state index contributed by atoms with van der Waals surface area (Å²) in [5.74, 6) is 0.417. The summed E-state index contributed by atoms with van der Waals surface area (Å²) in [5, 5.41) is 4.41. The molecule has 0 aromatic carbocycles. The molecule has 1 unspecified atom stereocenters. The van der Waals surface area contributed by atoms with Gasteiger partial charge >= 0.3 is 0 Å². The molecule has 2 rings (SSSR count). The third kappa shape index (κ3) is 2.45. The minimum absolute atomic E-state index is 0.0145. The lowest BCUT2D eigenvalue weighted by atomic mass is 10.3. The van der Waals surface area contributed by atoms with Gasteiger partial charge in [-0.1, -0.05) is 11.6 Å². The Hall–Kier alpha value is -1.27. The van der Waals surface area contributed by atoms with Crippen LogP contribution in [0.3, 0.4) is 0 Å². The van der Waals surface area contributed by atoms with Crippen LogP contribution in [-0.4, -0.2) is 25.2 Å². The van der Waals surface area contributed by atoms with E-state index in [4.69, 9.17) is 17.3 Å². The van der Waals surface area contributed by atoms with E-state index in [9.17, 15) is 8.42 Å². The van der Waals surface area contributed by atoms with Crippen LogP contribution >= 0.6 is 11.6 Å². The Balaban J connectivity index is 2.17. The number of nitrogens with zero attached hydrogens (tertiary/aromatic N) is 1. The average molecular weight is 260 g/mol. The zero-order valence-corrected chi connectivity index (χ0v) is 9.79. The number of rotatable bonds is 2. The average Bonchev–Trinajstić information content (AvgIpc) is 2.52. The molecule has 1 aliphatic rings. The number of anilines is 2. The first-order valence-corrected chi connectivity index (χ1v) is 6.65. The fourth-order valence-electron chi connectivity index (χ4n) is 1.40. The predicted molar refractivity (Wildman–Crippen MR) is 64.0 cm³/mol. The number of hydrogen-bond acceptors (Lipinski definition) is 5. The van der Waals surface area contributed by atoms with Crippen molar-refractivity contribution in [1.82, 2.24) is 4.98 Å². The van der Waals surface area contributed by atoms with Crippen LogP contribution in [0.5, 0.6) is 0 Å². The first kappa shape index (κ1) is 11.2. The van der Waals surface area contributed by atoms with Crippen LogP contribution in [0.2, 0.25) is 5.15 Å². The normalized spacial score (nSPS) is 22.2. The molecule has 0 fully saturated rings. The lowest BCUT2D eigenvalue weighted by Gasteiger charge is -2.12. The van der Waals surface area contributed by atoms with Crippen molar-refractivity contribution in [3.63, 3.8) is 0 Å². The molecule has 3 N–H and O–H groups in total. The molecule has 1 aliphatic heterocycles. The number of nitrogen functional groups attached to an aromatic ring is 1. The number of pyridine rings is 1. The fraction of sp³-hybridized carbons (Fsp3) is 0.222. The maximum absolute atomic E-state index is 11.2. The van der Waals surface area contributed by atoms with E-state index in [0.717, 1.165) is 0 Å². The van der Waals surface area contributed by atoms with E-state index in [1.807, 2.05) is 0 Å². The van der Waals surface area contributed by atoms with Gasteiger partial charge in [-0.3, -0.25) is 0 Å². The highest BCUT2D eigenvalue weighted by Crippen LogP contribution is 2.21. The van der Waals surface area contributed by atoms with E-state index >= 15 is 0 Å². The zero-order chi connectivity index (χ0) is 11.8. The lowest BCUT2D eigenvalue weighted by molar-refractivity contribution is 0.605. The third-order valence-electron chi connectivity index (χ3n) is 2.14. The molecular formula is C9H10ClN3O2S. The van der Waals surface area contributed by atoms with Gasteiger partial charge in [-0.2, -0.15) is 0 Å². The molecule has 0 bridgehead atoms. The van der Waals surface area contributed by atoms with Gasteiger partial charge in [0.25, 0.3) is 0 Å². The van der Waals surface area contributed by atoms with Crippen molar-refractivity contribution in [2.45, 2.75) is 6.04 Å². The minimum atomic E-state index is -3.08. The topological polar surface area (TPSA) is 85.1 Å². The van der Waals surface area contributed by atoms with E-state index in [2.05, 4.69) is 10.3 Å². The number of hydrogen-bond donors (Lipinski definition) is 2. The Morgan fingerprint density at radius 2 is 2.25 bits per heavy atom. The fourth-order valence-corrected chi connectivity index (χ4v) is 2.79. The number of nitrogens with two attached hydrogens (primary N) is 1. The highest BCUT2D eigenvalue weighted by Gasteiger charge is 2.22. The molecule has 0 aliphatic carbocycles. The predicted octanol–water partition coefficient (Wildman–Crippen LogP) is 1.04. The van der Waals surface area contributed by atoms with Crippen LogP contribution in [0.1, 0.15) is 0 Å². The molecular weight excluding hydrogens is 250 g/mol. The Kier molecular flexibility index (Phi) is 2.77. The Bertz CT molecular complexity index is 542. The molecule has 5 nitrogen and oxygen atoms in total. The minimum Gasteiger partial charge on any atom is -0.396 e. The van der Waals surface area contributed by atoms with Gasteiger partial charge in [0.05, 0.1) is 17.5 Å². The molecule has 86 valence electrons. The van der Waals surface area contributed by atoms with Crippen LogP contribution in [-0.2, 0) is 9.84 Å². The van der Waals surface area contributed by atoms with Crippen molar-refractivity contribution >= 4 is 32.9 Å². The van der Waals surface area contributed by atoms with Gasteiger partial charge < -0.3 is 11.1 Å². The highest BCUT2D eigenvalue weighted by molar-refractivity contribution is 7.94. The van der Waals surface area contributed by atoms with Gasteiger partial charge in [-0.15, -0.1) is 0 Å². The maximum atomic E-state index is 11.2. The summed E-state index contributed by atoms with van der Waals surface area (Å²) in [7, 11) is -3.08. The van der Waals surface area contributed by atoms with Crippen molar-refractivity contribution in [3.05, 3.63) is 28.8 Å². The number of sulfone groups is 1. The standard InChI is InChI=1S/C9H10ClN3O2S/c10-8-2-1-7(11)9(13-8)12-6-3-4-16(14,15)5-6/h1-4,6H,5,11H2,(H,12,13). The largest absolute Gasteiger partial charge is 0.396 e. The number of nitrogens with one attached hydrogen (secondary N) is 1. The Labute approximate surface area is 98.2 Å². The molecule has 0 saturated heterocycles. The lowest BCUT2D eigenvalue weighted by Crippen LogP contribution is -2.22. The van der Waals surface area contributed by atoms with Crippen LogP contribution < -0.4 is 11.1 Å². The van der Waals surface area contributed by atoms with Gasteiger partial charge in [-0.05, 0) is 18.2 Å². The SMILES string of the molecule is Nc1ccc(Cl)nc1NC1C=CS(=O)(=O)C1. The molecule has 16 heavy (non-hydrogen) atoms. The summed E-state index contributed by atoms with van der Waals surface area (Å²) in [4.78, 5) is 3.98. The second kappa shape index (κ2) is 3.95. The van der Waals surface area contributed by atoms with Gasteiger partial charge in [0.1, 0.15) is 5.15 Å². The van der Waals surface area contributed by atoms with Crippen molar-refractivity contribution in [1.29, 1.82) is 0 Å². The Morgan fingerprint density at radius 3 is 2.88 bits per heavy atom. The van der Waals surface area contributed by atoms with Crippen LogP contribution in [0.15, 0.2) is 23.6 Å². The molecule has 1 aromatic heterocycles. The number of aromatic nitrogens is 1. The monoisotopic (exact) mass is 259 g/mol. The summed E-state index contributed by atoms with van der Waals surface area (Å²) in [5.41, 5.74) is 6.11. The summed E-state index contributed by atoms with van der Waals surface area (Å²) in [6.07, 6.45) is 1.57. The van der Waals surface area contributed by atoms with Gasteiger partial charge in [0, 0.05) is 5.41 Å². The van der Waals surface area contributed by atoms with Gasteiger partial charge in [-0.25, -0.2) is 13.4 Å². The van der Waals surface area contributed by atoms with Crippen molar-refractivity contribution in [2.75, 3.05) is 16.8 Å². The summed E-state index contributed by atoms with van der Waals surface area (Å²) >= 11 is 5.72. The van der Waals surface area contributed by atoms with E-state index in [1.165, 1.54) is 5.41 Å². The van der Waals surface area contributed by atoms with E-state index in [1.54, 1.807) is 18.2 Å². The maximum Gasteiger partial charge on any atom is 0.173 e. The highest BCUT2D eigenvalue weighted by atomic mass is 35.5. The first-order valence-electron chi connectivity index (χ1n) is 4.56. The van der Waals surface area contributed by atoms with Crippen LogP contribution in [0.4, 0.5) is 11.5 Å². The van der Waals surface area contributed by atoms with E-state index in [0.29, 0.717) is 16.7 Å². The number of halogens is 1. The molecule has 0 amide bonds. The zero-order valence-electron chi connectivity index (χ0n) is 8.22. The summed E-state index contributed by atoms with van der Waals surface area (Å²) < 4.78 is 22.4. The van der Waals surface area contributed by atoms with Crippen LogP contribution in [0, 0.1) is 0 Å². The molecule has 1 atom stereocenters. The van der Waals surface area contributed by atoms with Crippen LogP contribution in [0.25, 0.3) is 0 Å². The summed E-state index contributed by atoms with van der Waals surface area (Å²) in [6.45, 7) is 0. The van der Waals surface area contributed by atoms with Crippen molar-refractivity contribution in [3.8, 4) is 0 Å². The smallest absolute Gasteiger partial charge is 0.173 e. The second-order valence-electron chi connectivity index (χ2n) is 3.48. The molecule has 0 radical (unpaired) electrons. The third-order valence-corrected chi connectivity index (χ3v) is 3.75.